The third-order valence-electron chi connectivity index (χ3n) is 3.06. The lowest BCUT2D eigenvalue weighted by atomic mass is 10.1. The molecule has 0 aromatic heterocycles. The molecule has 6 nitrogen and oxygen atoms in total. The number of benzene rings is 1. The van der Waals surface area contributed by atoms with Gasteiger partial charge in [-0.1, -0.05) is 6.92 Å². The van der Waals surface area contributed by atoms with Gasteiger partial charge in [-0.15, -0.1) is 0 Å². The predicted molar refractivity (Wildman–Crippen MR) is 74.2 cm³/mol. The lowest BCUT2D eigenvalue weighted by Crippen LogP contribution is -2.38. The minimum Gasteiger partial charge on any atom is -0.497 e. The Morgan fingerprint density at radius 1 is 1.35 bits per heavy atom. The summed E-state index contributed by atoms with van der Waals surface area (Å²) in [5, 5.41) is 21.9. The smallest absolute Gasteiger partial charge is 0.320 e. The van der Waals surface area contributed by atoms with Crippen LogP contribution in [0.4, 0.5) is 0 Å². The molecule has 0 aliphatic carbocycles. The highest BCUT2D eigenvalue weighted by molar-refractivity contribution is 5.73. The molecule has 0 saturated heterocycles. The highest BCUT2D eigenvalue weighted by Gasteiger charge is 2.19. The molecule has 0 fully saturated rings. The Kier molecular flexibility index (Phi) is 6.27. The monoisotopic (exact) mass is 283 g/mol. The average molecular weight is 283 g/mol. The van der Waals surface area contributed by atoms with Gasteiger partial charge in [0.1, 0.15) is 17.5 Å². The summed E-state index contributed by atoms with van der Waals surface area (Å²) in [7, 11) is 3.05. The van der Waals surface area contributed by atoms with Crippen LogP contribution in [-0.2, 0) is 4.79 Å². The Morgan fingerprint density at radius 3 is 2.55 bits per heavy atom. The molecule has 0 spiro atoms. The summed E-state index contributed by atoms with van der Waals surface area (Å²) in [5.41, 5.74) is 0.584. The zero-order valence-corrected chi connectivity index (χ0v) is 11.9. The second kappa shape index (κ2) is 7.72. The van der Waals surface area contributed by atoms with Gasteiger partial charge in [0.25, 0.3) is 0 Å². The predicted octanol–water partition coefficient (Wildman–Crippen LogP) is 1.19. The number of ether oxygens (including phenoxy) is 2. The van der Waals surface area contributed by atoms with Crippen LogP contribution in [0.15, 0.2) is 18.2 Å². The van der Waals surface area contributed by atoms with Crippen LogP contribution < -0.4 is 14.8 Å². The van der Waals surface area contributed by atoms with E-state index >= 15 is 0 Å². The lowest BCUT2D eigenvalue weighted by Gasteiger charge is -2.18. The number of aliphatic hydroxyl groups excluding tert-OH is 1. The van der Waals surface area contributed by atoms with Crippen LogP contribution in [0.25, 0.3) is 0 Å². The van der Waals surface area contributed by atoms with Gasteiger partial charge < -0.3 is 25.0 Å². The summed E-state index contributed by atoms with van der Waals surface area (Å²) in [5.74, 6) is 0.200. The Hall–Kier alpha value is -1.79. The van der Waals surface area contributed by atoms with Crippen molar-refractivity contribution >= 4 is 5.97 Å². The summed E-state index contributed by atoms with van der Waals surface area (Å²) in [4.78, 5) is 10.9. The van der Waals surface area contributed by atoms with Crippen molar-refractivity contribution in [1.82, 2.24) is 5.32 Å². The molecular formula is C14H21NO5. The Balaban J connectivity index is 2.76. The number of nitrogens with one attached hydrogen (secondary N) is 1. The molecule has 6 heteroatoms. The molecule has 0 radical (unpaired) electrons. The molecule has 0 saturated carbocycles. The number of methoxy groups -OCH3 is 2. The van der Waals surface area contributed by atoms with E-state index in [9.17, 15) is 9.90 Å². The minimum atomic E-state index is -0.929. The number of carbonyl (C=O) groups is 1. The molecule has 20 heavy (non-hydrogen) atoms. The van der Waals surface area contributed by atoms with Crippen molar-refractivity contribution in [2.45, 2.75) is 25.5 Å². The molecule has 3 N–H and O–H groups in total. The largest absolute Gasteiger partial charge is 0.497 e. The normalized spacial score (nSPS) is 13.6. The summed E-state index contributed by atoms with van der Waals surface area (Å²) < 4.78 is 10.3. The molecule has 0 heterocycles. The maximum absolute atomic E-state index is 10.9. The number of aliphatic hydroxyl groups is 1. The van der Waals surface area contributed by atoms with E-state index in [1.165, 1.54) is 7.11 Å². The fraction of sp³-hybridized carbons (Fsp3) is 0.500. The van der Waals surface area contributed by atoms with E-state index < -0.39 is 18.1 Å². The van der Waals surface area contributed by atoms with Crippen molar-refractivity contribution in [1.29, 1.82) is 0 Å². The van der Waals surface area contributed by atoms with Crippen molar-refractivity contribution in [3.63, 3.8) is 0 Å². The van der Waals surface area contributed by atoms with E-state index in [4.69, 9.17) is 14.6 Å². The highest BCUT2D eigenvalue weighted by Crippen LogP contribution is 2.29. The first-order valence-corrected chi connectivity index (χ1v) is 6.39. The number of aliphatic carboxylic acids is 1. The van der Waals surface area contributed by atoms with E-state index in [0.29, 0.717) is 23.5 Å². The average Bonchev–Trinajstić information content (AvgIpc) is 2.46. The number of carboxylic acid groups (broad SMARTS) is 1. The minimum absolute atomic E-state index is 0.132. The maximum atomic E-state index is 10.9. The van der Waals surface area contributed by atoms with Gasteiger partial charge in [-0.3, -0.25) is 4.79 Å². The molecule has 0 aliphatic heterocycles. The van der Waals surface area contributed by atoms with Crippen LogP contribution in [0.3, 0.4) is 0 Å². The third-order valence-corrected chi connectivity index (χ3v) is 3.06. The number of hydrogen-bond acceptors (Lipinski definition) is 5. The molecule has 0 amide bonds. The first-order chi connectivity index (χ1) is 9.53. The van der Waals surface area contributed by atoms with E-state index in [2.05, 4.69) is 5.32 Å². The van der Waals surface area contributed by atoms with Crippen molar-refractivity contribution < 1.29 is 24.5 Å². The van der Waals surface area contributed by atoms with E-state index in [0.717, 1.165) is 0 Å². The quantitative estimate of drug-likeness (QED) is 0.664. The second-order valence-corrected chi connectivity index (χ2v) is 4.33. The van der Waals surface area contributed by atoms with E-state index in [-0.39, 0.29) is 6.54 Å². The van der Waals surface area contributed by atoms with Gasteiger partial charge >= 0.3 is 5.97 Å². The van der Waals surface area contributed by atoms with Gasteiger partial charge in [0.15, 0.2) is 0 Å². The first kappa shape index (κ1) is 16.3. The van der Waals surface area contributed by atoms with Gasteiger partial charge in [-0.2, -0.15) is 0 Å². The van der Waals surface area contributed by atoms with Crippen LogP contribution in [0.2, 0.25) is 0 Å². The van der Waals surface area contributed by atoms with Crippen LogP contribution in [-0.4, -0.2) is 43.0 Å². The summed E-state index contributed by atoms with van der Waals surface area (Å²) in [6.07, 6.45) is -0.411. The molecule has 1 aromatic rings. The highest BCUT2D eigenvalue weighted by atomic mass is 16.5. The van der Waals surface area contributed by atoms with Gasteiger partial charge in [-0.05, 0) is 18.6 Å². The first-order valence-electron chi connectivity index (χ1n) is 6.39. The molecule has 2 atom stereocenters. The number of carboxylic acids is 1. The molecule has 2 unspecified atom stereocenters. The third kappa shape index (κ3) is 4.11. The van der Waals surface area contributed by atoms with Gasteiger partial charge in [0.2, 0.25) is 0 Å². The zero-order valence-electron chi connectivity index (χ0n) is 11.9. The van der Waals surface area contributed by atoms with Gasteiger partial charge in [0, 0.05) is 18.2 Å². The summed E-state index contributed by atoms with van der Waals surface area (Å²) >= 11 is 0. The molecule has 1 aromatic carbocycles. The van der Waals surface area contributed by atoms with Gasteiger partial charge in [0.05, 0.1) is 20.3 Å². The fourth-order valence-electron chi connectivity index (χ4n) is 1.86. The van der Waals surface area contributed by atoms with Crippen LogP contribution in [0.5, 0.6) is 11.5 Å². The summed E-state index contributed by atoms with van der Waals surface area (Å²) in [6.45, 7) is 1.90. The van der Waals surface area contributed by atoms with Gasteiger partial charge in [-0.25, -0.2) is 0 Å². The van der Waals surface area contributed by atoms with Crippen molar-refractivity contribution in [2.24, 2.45) is 0 Å². The van der Waals surface area contributed by atoms with Crippen molar-refractivity contribution in [2.75, 3.05) is 20.8 Å². The topological polar surface area (TPSA) is 88.0 Å². The molecule has 0 bridgehead atoms. The van der Waals surface area contributed by atoms with Crippen LogP contribution >= 0.6 is 0 Å². The second-order valence-electron chi connectivity index (χ2n) is 4.33. The summed E-state index contributed by atoms with van der Waals surface area (Å²) in [6, 6.07) is 4.42. The SMILES string of the molecule is CCC(NCC(O)c1ccc(OC)cc1OC)C(=O)O. The van der Waals surface area contributed by atoms with Crippen LogP contribution in [0, 0.1) is 0 Å². The molecule has 1 rings (SSSR count). The standard InChI is InChI=1S/C14H21NO5/c1-4-11(14(17)18)15-8-12(16)10-6-5-9(19-2)7-13(10)20-3/h5-7,11-12,15-16H,4,8H2,1-3H3,(H,17,18). The van der Waals surface area contributed by atoms with Crippen LogP contribution in [0.1, 0.15) is 25.0 Å². The Labute approximate surface area is 118 Å². The zero-order chi connectivity index (χ0) is 15.1. The van der Waals surface area contributed by atoms with Crippen molar-refractivity contribution in [3.8, 4) is 11.5 Å². The molecule has 0 aliphatic rings. The number of hydrogen-bond donors (Lipinski definition) is 3. The Bertz CT molecular complexity index is 449. The van der Waals surface area contributed by atoms with E-state index in [1.54, 1.807) is 32.2 Å². The Morgan fingerprint density at radius 2 is 2.05 bits per heavy atom. The van der Waals surface area contributed by atoms with Crippen molar-refractivity contribution in [3.05, 3.63) is 23.8 Å². The maximum Gasteiger partial charge on any atom is 0.320 e. The van der Waals surface area contributed by atoms with E-state index in [1.807, 2.05) is 0 Å². The number of rotatable bonds is 8. The fourth-order valence-corrected chi connectivity index (χ4v) is 1.86. The molecule has 112 valence electrons. The lowest BCUT2D eigenvalue weighted by molar-refractivity contribution is -0.139. The molecular weight excluding hydrogens is 262 g/mol.